The molecule has 0 radical (unpaired) electrons. The van der Waals surface area contributed by atoms with Gasteiger partial charge in [-0.25, -0.2) is 4.99 Å². The lowest BCUT2D eigenvalue weighted by Crippen LogP contribution is -2.06. The molecule has 0 rings (SSSR count). The van der Waals surface area contributed by atoms with Crippen molar-refractivity contribution in [1.82, 2.24) is 5.32 Å². The normalized spacial score (nSPS) is 6.73. The summed E-state index contributed by atoms with van der Waals surface area (Å²) in [5, 5.41) is 2.74. The first-order valence-corrected chi connectivity index (χ1v) is 3.44. The summed E-state index contributed by atoms with van der Waals surface area (Å²) in [5.74, 6) is 0.486. The molecule has 0 bridgehead atoms. The Morgan fingerprint density at radius 3 is 2.18 bits per heavy atom. The lowest BCUT2D eigenvalue weighted by Gasteiger charge is -2.01. The SMILES string of the molecule is C=CC(=C)NC(=C)N=C.CC.[HH]. The first-order chi connectivity index (χ1) is 5.20. The van der Waals surface area contributed by atoms with Crippen molar-refractivity contribution in [3.63, 3.8) is 0 Å². The standard InChI is InChI=1S/C7H10N2.C2H6.H2/c1-5-6(2)9-7(3)8-4;1-2;/h5,9H,1-4H2;1-2H3;1H. The molecule has 0 aromatic rings. The number of nitrogens with zero attached hydrogens (tertiary/aromatic N) is 1. The highest BCUT2D eigenvalue weighted by Crippen LogP contribution is 1.90. The minimum absolute atomic E-state index is 0. The molecular formula is C9H18N2. The smallest absolute Gasteiger partial charge is 0.122 e. The summed E-state index contributed by atoms with van der Waals surface area (Å²) in [6.45, 7) is 17.8. The van der Waals surface area contributed by atoms with Gasteiger partial charge in [0.15, 0.2) is 0 Å². The highest BCUT2D eigenvalue weighted by atomic mass is 15.0. The molecule has 0 aromatic carbocycles. The Bertz CT molecular complexity index is 144. The minimum atomic E-state index is 0. The fraction of sp³-hybridized carbons (Fsp3) is 0.222. The molecule has 0 aliphatic carbocycles. The number of aliphatic imine (C=N–C) groups is 1. The van der Waals surface area contributed by atoms with E-state index in [9.17, 15) is 0 Å². The predicted octanol–water partition coefficient (Wildman–Crippen LogP) is 2.72. The number of nitrogens with one attached hydrogen (secondary N) is 1. The van der Waals surface area contributed by atoms with Gasteiger partial charge in [0.2, 0.25) is 0 Å². The molecule has 2 heteroatoms. The summed E-state index contributed by atoms with van der Waals surface area (Å²) in [6, 6.07) is 0. The lowest BCUT2D eigenvalue weighted by atomic mass is 10.5. The van der Waals surface area contributed by atoms with Gasteiger partial charge in [-0.2, -0.15) is 0 Å². The maximum absolute atomic E-state index is 3.58. The van der Waals surface area contributed by atoms with Gasteiger partial charge in [0.1, 0.15) is 5.82 Å². The third-order valence-electron chi connectivity index (χ3n) is 0.742. The van der Waals surface area contributed by atoms with E-state index in [1.54, 1.807) is 6.08 Å². The Morgan fingerprint density at radius 1 is 1.45 bits per heavy atom. The maximum atomic E-state index is 3.58. The van der Waals surface area contributed by atoms with Crippen LogP contribution in [0.1, 0.15) is 15.3 Å². The molecule has 0 aliphatic rings. The van der Waals surface area contributed by atoms with E-state index in [1.165, 1.54) is 0 Å². The van der Waals surface area contributed by atoms with Crippen molar-refractivity contribution in [3.05, 3.63) is 37.3 Å². The first-order valence-electron chi connectivity index (χ1n) is 3.44. The number of hydrogen-bond donors (Lipinski definition) is 1. The Balaban J connectivity index is -0.000000249. The molecular weight excluding hydrogens is 136 g/mol. The van der Waals surface area contributed by atoms with Gasteiger partial charge in [0.25, 0.3) is 0 Å². The van der Waals surface area contributed by atoms with Crippen LogP contribution in [0.3, 0.4) is 0 Å². The molecule has 0 heterocycles. The van der Waals surface area contributed by atoms with Crippen LogP contribution in [-0.4, -0.2) is 6.72 Å². The summed E-state index contributed by atoms with van der Waals surface area (Å²) in [5.41, 5.74) is 0.674. The van der Waals surface area contributed by atoms with Crippen LogP contribution < -0.4 is 5.32 Å². The van der Waals surface area contributed by atoms with Crippen molar-refractivity contribution in [1.29, 1.82) is 0 Å². The summed E-state index contributed by atoms with van der Waals surface area (Å²) >= 11 is 0. The van der Waals surface area contributed by atoms with Gasteiger partial charge < -0.3 is 5.32 Å². The largest absolute Gasteiger partial charge is 0.341 e. The second-order valence-electron chi connectivity index (χ2n) is 1.46. The number of rotatable bonds is 4. The predicted molar refractivity (Wildman–Crippen MR) is 54.6 cm³/mol. The monoisotopic (exact) mass is 154 g/mol. The second kappa shape index (κ2) is 8.69. The third kappa shape index (κ3) is 8.69. The summed E-state index contributed by atoms with van der Waals surface area (Å²) in [6.07, 6.45) is 1.58. The van der Waals surface area contributed by atoms with Crippen LogP contribution in [0.2, 0.25) is 0 Å². The van der Waals surface area contributed by atoms with E-state index in [1.807, 2.05) is 13.8 Å². The van der Waals surface area contributed by atoms with Crippen LogP contribution in [0.5, 0.6) is 0 Å². The summed E-state index contributed by atoms with van der Waals surface area (Å²) in [7, 11) is 0. The second-order valence-corrected chi connectivity index (χ2v) is 1.46. The fourth-order valence-electron chi connectivity index (χ4n) is 0.276. The van der Waals surface area contributed by atoms with E-state index in [2.05, 4.69) is 36.8 Å². The summed E-state index contributed by atoms with van der Waals surface area (Å²) < 4.78 is 0. The average Bonchev–Trinajstić information content (AvgIpc) is 2.07. The Hall–Kier alpha value is -1.31. The van der Waals surface area contributed by atoms with Crippen molar-refractivity contribution >= 4 is 6.72 Å². The van der Waals surface area contributed by atoms with E-state index < -0.39 is 0 Å². The maximum Gasteiger partial charge on any atom is 0.122 e. The van der Waals surface area contributed by atoms with Crippen LogP contribution in [0.15, 0.2) is 42.3 Å². The molecule has 0 aliphatic heterocycles. The van der Waals surface area contributed by atoms with E-state index in [0.717, 1.165) is 0 Å². The molecule has 0 spiro atoms. The van der Waals surface area contributed by atoms with Gasteiger partial charge in [-0.3, -0.25) is 0 Å². The van der Waals surface area contributed by atoms with Crippen LogP contribution in [0.4, 0.5) is 0 Å². The van der Waals surface area contributed by atoms with Gasteiger partial charge in [-0.1, -0.05) is 33.6 Å². The third-order valence-corrected chi connectivity index (χ3v) is 0.742. The fourth-order valence-corrected chi connectivity index (χ4v) is 0.276. The quantitative estimate of drug-likeness (QED) is 0.488. The highest BCUT2D eigenvalue weighted by Gasteiger charge is 1.84. The van der Waals surface area contributed by atoms with Gasteiger partial charge in [0.05, 0.1) is 0 Å². The molecule has 0 atom stereocenters. The minimum Gasteiger partial charge on any atom is -0.341 e. The van der Waals surface area contributed by atoms with E-state index in [0.29, 0.717) is 11.5 Å². The molecule has 0 amide bonds. The highest BCUT2D eigenvalue weighted by molar-refractivity contribution is 5.29. The van der Waals surface area contributed by atoms with Gasteiger partial charge in [-0.15, -0.1) is 0 Å². The summed E-state index contributed by atoms with van der Waals surface area (Å²) in [4.78, 5) is 3.51. The number of hydrogen-bond acceptors (Lipinski definition) is 2. The van der Waals surface area contributed by atoms with Crippen molar-refractivity contribution in [2.75, 3.05) is 0 Å². The van der Waals surface area contributed by atoms with Crippen LogP contribution in [0, 0.1) is 0 Å². The Kier molecular flexibility index (Phi) is 9.78. The van der Waals surface area contributed by atoms with Crippen LogP contribution in [0.25, 0.3) is 0 Å². The Labute approximate surface area is 70.5 Å². The van der Waals surface area contributed by atoms with Crippen LogP contribution in [-0.2, 0) is 0 Å². The van der Waals surface area contributed by atoms with Crippen molar-refractivity contribution in [2.24, 2.45) is 4.99 Å². The van der Waals surface area contributed by atoms with Gasteiger partial charge in [-0.05, 0) is 12.8 Å². The molecule has 11 heavy (non-hydrogen) atoms. The zero-order valence-electron chi connectivity index (χ0n) is 7.35. The molecule has 0 saturated heterocycles. The molecule has 0 saturated carbocycles. The van der Waals surface area contributed by atoms with Crippen molar-refractivity contribution in [3.8, 4) is 0 Å². The average molecular weight is 154 g/mol. The first kappa shape index (κ1) is 12.4. The van der Waals surface area contributed by atoms with Crippen LogP contribution >= 0.6 is 0 Å². The Morgan fingerprint density at radius 2 is 1.91 bits per heavy atom. The number of allylic oxidation sites excluding steroid dienone is 1. The molecule has 1 N–H and O–H groups in total. The zero-order valence-corrected chi connectivity index (χ0v) is 7.35. The topological polar surface area (TPSA) is 24.4 Å². The molecule has 0 fully saturated rings. The van der Waals surface area contributed by atoms with Crippen molar-refractivity contribution < 1.29 is 1.43 Å². The van der Waals surface area contributed by atoms with Gasteiger partial charge >= 0.3 is 0 Å². The van der Waals surface area contributed by atoms with Crippen molar-refractivity contribution in [2.45, 2.75) is 13.8 Å². The molecule has 0 aromatic heterocycles. The van der Waals surface area contributed by atoms with E-state index >= 15 is 0 Å². The van der Waals surface area contributed by atoms with E-state index in [4.69, 9.17) is 0 Å². The molecule has 2 nitrogen and oxygen atoms in total. The molecule has 64 valence electrons. The molecule has 0 unspecified atom stereocenters. The zero-order chi connectivity index (χ0) is 9.28. The lowest BCUT2D eigenvalue weighted by molar-refractivity contribution is 0.999. The van der Waals surface area contributed by atoms with E-state index in [-0.39, 0.29) is 1.43 Å². The van der Waals surface area contributed by atoms with Gasteiger partial charge in [0, 0.05) is 7.12 Å².